The molecule has 1 aromatic heterocycles. The summed E-state index contributed by atoms with van der Waals surface area (Å²) in [5.74, 6) is -71.4. The fraction of sp³-hybridized carbons (Fsp3) is 0.105. The molecular formula is C38H15BF20N2O. The zero-order chi connectivity index (χ0) is 46.3. The fourth-order valence-electron chi connectivity index (χ4n) is 6.54. The smallest absolute Gasteiger partial charge is 0.230 e. The summed E-state index contributed by atoms with van der Waals surface area (Å²) in [5, 5.41) is 10.8. The number of unbranched alkanes of at least 4 members (excludes halogenated alkanes) is 2. The maximum absolute atomic E-state index is 15.4. The molecule has 0 N–H and O–H groups in total. The molecule has 24 heteroatoms. The fourth-order valence-corrected chi connectivity index (χ4v) is 6.54. The van der Waals surface area contributed by atoms with Crippen molar-refractivity contribution in [2.45, 2.75) is 19.3 Å². The number of nitrogens with zero attached hydrogens (tertiary/aromatic N) is 2. The van der Waals surface area contributed by atoms with Crippen molar-refractivity contribution in [3.05, 3.63) is 159 Å². The Kier molecular flexibility index (Phi) is 13.4. The Hall–Kier alpha value is -6.54. The molecule has 0 radical (unpaired) electrons. The van der Waals surface area contributed by atoms with Crippen LogP contribution in [0.2, 0.25) is 0 Å². The molecule has 0 unspecified atom stereocenters. The Labute approximate surface area is 332 Å². The van der Waals surface area contributed by atoms with Crippen LogP contribution in [0.1, 0.15) is 19.3 Å². The maximum atomic E-state index is 15.4. The number of halogens is 20. The molecule has 0 aliphatic heterocycles. The van der Waals surface area contributed by atoms with Crippen molar-refractivity contribution < 1.29 is 97.4 Å². The van der Waals surface area contributed by atoms with Gasteiger partial charge in [0.15, 0.2) is 76.4 Å². The Morgan fingerprint density at radius 1 is 0.403 bits per heavy atom. The standard InChI is InChI=1S/C24BF20.C14H15N2O/c26-5-1(6(27)14(35)21(42)13(5)34)25(2-7(28)15(36)22(43)16(37)8(2)29,3-9(30)17(38)23(44)18(39)10(3)31)4-11(32)19(40)24(45)20(41)12(4)33;15-9-4-1-5-11-17-16-10-8-13-6-2-3-7-14(13)12-16/h;2-3,6-8,10,12H,1,4-5,11H2/q-1;+1. The first-order valence-electron chi connectivity index (χ1n) is 16.7. The third kappa shape index (κ3) is 7.46. The summed E-state index contributed by atoms with van der Waals surface area (Å²) >= 11 is 0. The molecule has 0 aliphatic carbocycles. The van der Waals surface area contributed by atoms with Crippen molar-refractivity contribution in [1.29, 1.82) is 5.26 Å². The molecule has 0 atom stereocenters. The average Bonchev–Trinajstić information content (AvgIpc) is 3.26. The van der Waals surface area contributed by atoms with Crippen molar-refractivity contribution in [1.82, 2.24) is 0 Å². The Morgan fingerprint density at radius 2 is 0.694 bits per heavy atom. The molecule has 0 fully saturated rings. The third-order valence-corrected chi connectivity index (χ3v) is 9.29. The molecular weight excluding hydrogens is 891 g/mol. The van der Waals surface area contributed by atoms with Crippen molar-refractivity contribution in [2.75, 3.05) is 6.61 Å². The van der Waals surface area contributed by atoms with Gasteiger partial charge in [-0.15, -0.1) is 21.9 Å². The van der Waals surface area contributed by atoms with Gasteiger partial charge < -0.3 is 0 Å². The van der Waals surface area contributed by atoms with Gasteiger partial charge in [-0.05, 0) is 24.3 Å². The summed E-state index contributed by atoms with van der Waals surface area (Å²) in [6.07, 6.45) is -0.929. The van der Waals surface area contributed by atoms with Crippen LogP contribution in [0.3, 0.4) is 0 Å². The van der Waals surface area contributed by atoms with Crippen LogP contribution in [0.25, 0.3) is 10.8 Å². The summed E-state index contributed by atoms with van der Waals surface area (Å²) < 4.78 is 296. The molecule has 1 heterocycles. The van der Waals surface area contributed by atoms with Crippen molar-refractivity contribution in [3.63, 3.8) is 0 Å². The lowest BCUT2D eigenvalue weighted by Gasteiger charge is -2.44. The van der Waals surface area contributed by atoms with Crippen molar-refractivity contribution >= 4 is 38.8 Å². The molecule has 6 aromatic rings. The van der Waals surface area contributed by atoms with Crippen LogP contribution in [0.15, 0.2) is 42.7 Å². The van der Waals surface area contributed by atoms with Crippen molar-refractivity contribution in [2.24, 2.45) is 0 Å². The normalized spacial score (nSPS) is 11.5. The summed E-state index contributed by atoms with van der Waals surface area (Å²) in [7, 11) is 0. The predicted octanol–water partition coefficient (Wildman–Crippen LogP) is 8.10. The number of fused-ring (bicyclic) bond motifs is 1. The zero-order valence-electron chi connectivity index (χ0n) is 29.8. The van der Waals surface area contributed by atoms with Gasteiger partial charge in [0.05, 0.1) is 11.5 Å². The molecule has 6 rings (SSSR count). The van der Waals surface area contributed by atoms with E-state index in [1.807, 2.05) is 30.6 Å². The number of hydrogen-bond donors (Lipinski definition) is 0. The van der Waals surface area contributed by atoms with Crippen LogP contribution in [0.5, 0.6) is 0 Å². The van der Waals surface area contributed by atoms with Crippen molar-refractivity contribution in [3.8, 4) is 6.07 Å². The first-order chi connectivity index (χ1) is 29.1. The number of hydrogen-bond acceptors (Lipinski definition) is 2. The minimum Gasteiger partial charge on any atom is -0.271 e. The average molecular weight is 906 g/mol. The van der Waals surface area contributed by atoms with Gasteiger partial charge in [-0.2, -0.15) is 5.26 Å². The van der Waals surface area contributed by atoms with Crippen LogP contribution >= 0.6 is 0 Å². The van der Waals surface area contributed by atoms with E-state index < -0.39 is 144 Å². The number of pyridine rings is 1. The Bertz CT molecular complexity index is 2430. The highest BCUT2D eigenvalue weighted by atomic mass is 19.2. The molecule has 5 aromatic carbocycles. The van der Waals surface area contributed by atoms with Gasteiger partial charge in [-0.1, -0.05) is 18.2 Å². The lowest BCUT2D eigenvalue weighted by molar-refractivity contribution is -0.890. The monoisotopic (exact) mass is 906 g/mol. The number of rotatable bonds is 9. The van der Waals surface area contributed by atoms with Gasteiger partial charge in [0.2, 0.25) is 12.4 Å². The summed E-state index contributed by atoms with van der Waals surface area (Å²) in [5.41, 5.74) is -14.3. The van der Waals surface area contributed by atoms with Gasteiger partial charge >= 0.3 is 0 Å². The van der Waals surface area contributed by atoms with Gasteiger partial charge in [0, 0.05) is 17.2 Å². The van der Waals surface area contributed by atoms with E-state index in [1.165, 1.54) is 5.39 Å². The van der Waals surface area contributed by atoms with E-state index in [-0.39, 0.29) is 0 Å². The quantitative estimate of drug-likeness (QED) is 0.0368. The topological polar surface area (TPSA) is 36.9 Å². The van der Waals surface area contributed by atoms with Crippen LogP contribution in [-0.4, -0.2) is 12.8 Å². The molecule has 0 spiro atoms. The predicted molar refractivity (Wildman–Crippen MR) is 174 cm³/mol. The first-order valence-corrected chi connectivity index (χ1v) is 16.7. The van der Waals surface area contributed by atoms with Crippen LogP contribution < -0.4 is 31.4 Å². The lowest BCUT2D eigenvalue weighted by Crippen LogP contribution is -2.81. The van der Waals surface area contributed by atoms with E-state index in [1.54, 1.807) is 4.73 Å². The molecule has 0 aliphatic rings. The number of nitriles is 1. The summed E-state index contributed by atoms with van der Waals surface area (Å²) in [4.78, 5) is 5.57. The van der Waals surface area contributed by atoms with E-state index >= 15 is 35.1 Å². The first kappa shape index (κ1) is 46.5. The Balaban J connectivity index is 0.000000355. The van der Waals surface area contributed by atoms with E-state index in [4.69, 9.17) is 10.1 Å². The third-order valence-electron chi connectivity index (χ3n) is 9.29. The number of benzene rings is 5. The Morgan fingerprint density at radius 3 is 1.00 bits per heavy atom. The highest BCUT2D eigenvalue weighted by Crippen LogP contribution is 2.30. The highest BCUT2D eigenvalue weighted by Gasteiger charge is 2.52. The molecule has 3 nitrogen and oxygen atoms in total. The summed E-state index contributed by atoms with van der Waals surface area (Å²) in [6, 6.07) is 12.3. The number of aromatic nitrogens is 1. The van der Waals surface area contributed by atoms with Gasteiger partial charge in [-0.25, -0.2) is 87.8 Å². The second-order valence-electron chi connectivity index (χ2n) is 12.7. The van der Waals surface area contributed by atoms with Gasteiger partial charge in [0.25, 0.3) is 0 Å². The van der Waals surface area contributed by atoms with E-state index in [9.17, 15) is 52.7 Å². The second-order valence-corrected chi connectivity index (χ2v) is 12.7. The molecule has 0 bridgehead atoms. The molecule has 62 heavy (non-hydrogen) atoms. The van der Waals surface area contributed by atoms with Gasteiger partial charge in [-0.3, -0.25) is 4.84 Å². The molecule has 0 amide bonds. The van der Waals surface area contributed by atoms with E-state index in [0.29, 0.717) is 13.0 Å². The summed E-state index contributed by atoms with van der Waals surface area (Å²) in [6.45, 7) is 0.644. The van der Waals surface area contributed by atoms with E-state index in [0.717, 1.165) is 18.2 Å². The minimum absolute atomic E-state index is 0.603. The molecule has 326 valence electrons. The highest BCUT2D eigenvalue weighted by molar-refractivity contribution is 7.20. The largest absolute Gasteiger partial charge is 0.271 e. The van der Waals surface area contributed by atoms with E-state index in [2.05, 4.69) is 18.2 Å². The zero-order valence-corrected chi connectivity index (χ0v) is 29.8. The maximum Gasteiger partial charge on any atom is 0.230 e. The lowest BCUT2D eigenvalue weighted by atomic mass is 9.12. The van der Waals surface area contributed by atoms with Gasteiger partial charge in [0.1, 0.15) is 52.7 Å². The molecule has 0 saturated carbocycles. The van der Waals surface area contributed by atoms with Crippen LogP contribution in [0.4, 0.5) is 87.8 Å². The second kappa shape index (κ2) is 17.8. The van der Waals surface area contributed by atoms with Crippen LogP contribution in [0, 0.1) is 128 Å². The molecule has 0 saturated heterocycles. The van der Waals surface area contributed by atoms with Crippen LogP contribution in [-0.2, 0) is 0 Å². The SMILES string of the molecule is Fc1c(F)c(F)c([B-](c2c(F)c(F)c(F)c(F)c2F)(c2c(F)c(F)c(F)c(F)c2F)c2c(F)c(F)c(F)c(F)c2F)c(F)c1F.N#CCCCCO[n+]1ccc2ccccc2c1. The minimum atomic E-state index is -7.22.